The summed E-state index contributed by atoms with van der Waals surface area (Å²) in [6, 6.07) is 14.9. The Morgan fingerprint density at radius 2 is 0.878 bits per heavy atom. The van der Waals surface area contributed by atoms with Gasteiger partial charge in [0.25, 0.3) is 0 Å². The topological polar surface area (TPSA) is 0 Å². The third-order valence-corrected chi connectivity index (χ3v) is 24.5. The van der Waals surface area contributed by atoms with E-state index in [4.69, 9.17) is 0 Å². The maximum Gasteiger partial charge on any atom is 0.0934 e. The molecule has 0 saturated heterocycles. The molecule has 3 aromatic rings. The van der Waals surface area contributed by atoms with Crippen LogP contribution in [-0.2, 0) is 0 Å². The van der Waals surface area contributed by atoms with E-state index < -0.39 is 16.1 Å². The average Bonchev–Trinajstić information content (AvgIpc) is 3.77. The smallest absolute Gasteiger partial charge is 0.0934 e. The second kappa shape index (κ2) is 22.9. The largest absolute Gasteiger partial charge is 0.145 e. The van der Waals surface area contributed by atoms with E-state index >= 15 is 0 Å². The zero-order chi connectivity index (χ0) is 35.7. The van der Waals surface area contributed by atoms with E-state index in [0.717, 1.165) is 0 Å². The quantitative estimate of drug-likeness (QED) is 0.0557. The van der Waals surface area contributed by atoms with Crippen molar-refractivity contribution in [1.82, 2.24) is 0 Å². The molecule has 0 amide bonds. The molecule has 6 heteroatoms. The van der Waals surface area contributed by atoms with Gasteiger partial charge in [-0.2, -0.15) is 0 Å². The van der Waals surface area contributed by atoms with Crippen LogP contribution < -0.4 is 9.00 Å². The molecule has 0 nitrogen and oxygen atoms in total. The van der Waals surface area contributed by atoms with Gasteiger partial charge in [-0.05, 0) is 55.6 Å². The molecule has 1 aromatic carbocycles. The summed E-state index contributed by atoms with van der Waals surface area (Å²) in [5.41, 5.74) is 4.05. The third kappa shape index (κ3) is 14.4. The first kappa shape index (κ1) is 43.4. The summed E-state index contributed by atoms with van der Waals surface area (Å²) in [7, 11) is -2.87. The van der Waals surface area contributed by atoms with E-state index in [2.05, 4.69) is 132 Å². The minimum atomic E-state index is -1.44. The molecule has 0 N–H and O–H groups in total. The van der Waals surface area contributed by atoms with Crippen LogP contribution in [0, 0.1) is 6.92 Å². The predicted molar refractivity (Wildman–Crippen MR) is 241 cm³/mol. The fourth-order valence-electron chi connectivity index (χ4n) is 7.27. The minimum Gasteiger partial charge on any atom is -0.145 e. The Hall–Kier alpha value is 0.0138. The molecule has 0 aliphatic heterocycles. The van der Waals surface area contributed by atoms with Gasteiger partial charge >= 0.3 is 0 Å². The van der Waals surface area contributed by atoms with E-state index in [0.29, 0.717) is 0 Å². The number of hydrogen-bond donors (Lipinski definition) is 0. The summed E-state index contributed by atoms with van der Waals surface area (Å²) >= 11 is 12.2. The van der Waals surface area contributed by atoms with Crippen LogP contribution in [0.25, 0.3) is 20.9 Å². The van der Waals surface area contributed by atoms with Gasteiger partial charge in [0.1, 0.15) is 0 Å². The van der Waals surface area contributed by atoms with Crippen molar-refractivity contribution in [3.8, 4) is 20.9 Å². The first-order valence-electron chi connectivity index (χ1n) is 20.2. The molecule has 0 bridgehead atoms. The first-order valence-corrected chi connectivity index (χ1v) is 29.8. The van der Waals surface area contributed by atoms with Gasteiger partial charge < -0.3 is 0 Å². The van der Waals surface area contributed by atoms with Crippen LogP contribution in [0.5, 0.6) is 0 Å². The highest BCUT2D eigenvalue weighted by Crippen LogP contribution is 2.44. The lowest BCUT2D eigenvalue weighted by Gasteiger charge is -2.21. The standard InChI is InChI=1S/C43H70Br2S2Si2/c1-8-10-12-14-16-18-20-22-24-26-32-48(4,5)40-30-28-38(46-40)36-34-37(44)42(35(3)43(36)45)39-29-31-41(47-39)49(6,7)33-27-25-23-21-19-17-15-13-11-9-2/h28-31,34H,8-27,32-33H2,1-7H3. The number of rotatable bonds is 26. The van der Waals surface area contributed by atoms with Crippen LogP contribution in [0.2, 0.25) is 38.3 Å². The van der Waals surface area contributed by atoms with Crippen LogP contribution in [0.1, 0.15) is 148 Å². The van der Waals surface area contributed by atoms with Gasteiger partial charge in [0, 0.05) is 29.8 Å². The zero-order valence-corrected chi connectivity index (χ0v) is 39.3. The van der Waals surface area contributed by atoms with Crippen LogP contribution in [0.15, 0.2) is 39.3 Å². The van der Waals surface area contributed by atoms with Gasteiger partial charge in [-0.3, -0.25) is 0 Å². The molecule has 0 radical (unpaired) electrons. The van der Waals surface area contributed by atoms with Gasteiger partial charge in [0.15, 0.2) is 0 Å². The van der Waals surface area contributed by atoms with Crippen molar-refractivity contribution in [2.24, 2.45) is 0 Å². The third-order valence-electron chi connectivity index (χ3n) is 10.8. The minimum absolute atomic E-state index is 1.22. The maximum atomic E-state index is 4.08. The number of halogens is 2. The molecule has 0 aliphatic rings. The highest BCUT2D eigenvalue weighted by atomic mass is 79.9. The molecule has 0 spiro atoms. The Morgan fingerprint density at radius 3 is 1.31 bits per heavy atom. The van der Waals surface area contributed by atoms with E-state index in [1.165, 1.54) is 176 Å². The molecule has 276 valence electrons. The monoisotopic (exact) mass is 864 g/mol. The number of benzene rings is 1. The Bertz CT molecular complexity index is 1360. The van der Waals surface area contributed by atoms with Crippen LogP contribution in [0.4, 0.5) is 0 Å². The van der Waals surface area contributed by atoms with Gasteiger partial charge in [-0.1, -0.05) is 209 Å². The Balaban J connectivity index is 1.54. The second-order valence-electron chi connectivity index (χ2n) is 16.2. The zero-order valence-electron chi connectivity index (χ0n) is 32.5. The van der Waals surface area contributed by atoms with Gasteiger partial charge in [0.2, 0.25) is 0 Å². The van der Waals surface area contributed by atoms with Crippen LogP contribution in [-0.4, -0.2) is 16.1 Å². The van der Waals surface area contributed by atoms with Gasteiger partial charge in [-0.25, -0.2) is 0 Å². The van der Waals surface area contributed by atoms with Crippen molar-refractivity contribution in [3.05, 3.63) is 44.8 Å². The Labute approximate surface area is 330 Å². The van der Waals surface area contributed by atoms with Crippen LogP contribution >= 0.6 is 54.5 Å². The number of thiophene rings is 2. The summed E-state index contributed by atoms with van der Waals surface area (Å²) in [6.07, 6.45) is 28.4. The summed E-state index contributed by atoms with van der Waals surface area (Å²) in [5, 5.41) is 0. The lowest BCUT2D eigenvalue weighted by atomic mass is 10.0. The summed E-state index contributed by atoms with van der Waals surface area (Å²) in [6.45, 7) is 17.3. The van der Waals surface area contributed by atoms with Crippen molar-refractivity contribution in [2.45, 2.75) is 187 Å². The second-order valence-corrected chi connectivity index (χ2v) is 30.3. The van der Waals surface area contributed by atoms with E-state index in [1.807, 2.05) is 0 Å². The Kier molecular flexibility index (Phi) is 20.3. The molecule has 0 unspecified atom stereocenters. The first-order chi connectivity index (χ1) is 23.5. The summed E-state index contributed by atoms with van der Waals surface area (Å²) < 4.78 is 5.79. The fourth-order valence-corrected chi connectivity index (χ4v) is 17.8. The predicted octanol–water partition coefficient (Wildman–Crippen LogP) is 16.6. The molecule has 49 heavy (non-hydrogen) atoms. The molecular weight excluding hydrogens is 797 g/mol. The lowest BCUT2D eigenvalue weighted by Crippen LogP contribution is -2.38. The van der Waals surface area contributed by atoms with Crippen molar-refractivity contribution >= 4 is 79.7 Å². The highest BCUT2D eigenvalue weighted by molar-refractivity contribution is 9.11. The summed E-state index contributed by atoms with van der Waals surface area (Å²) in [4.78, 5) is 2.81. The maximum absolute atomic E-state index is 4.08. The molecule has 0 saturated carbocycles. The normalized spacial score (nSPS) is 12.3. The molecule has 0 fully saturated rings. The van der Waals surface area contributed by atoms with Gasteiger partial charge in [0.05, 0.1) is 16.1 Å². The van der Waals surface area contributed by atoms with Crippen molar-refractivity contribution in [1.29, 1.82) is 0 Å². The van der Waals surface area contributed by atoms with E-state index in [-0.39, 0.29) is 0 Å². The lowest BCUT2D eigenvalue weighted by molar-refractivity contribution is 0.561. The van der Waals surface area contributed by atoms with Gasteiger partial charge in [-0.15, -0.1) is 22.7 Å². The number of unbranched alkanes of at least 4 members (excludes halogenated alkanes) is 18. The summed E-state index contributed by atoms with van der Waals surface area (Å²) in [5.74, 6) is 0. The van der Waals surface area contributed by atoms with Crippen molar-refractivity contribution in [2.75, 3.05) is 0 Å². The molecular formula is C43H70Br2S2Si2. The fraction of sp³-hybridized carbons (Fsp3) is 0.674. The molecule has 0 atom stereocenters. The van der Waals surface area contributed by atoms with Crippen molar-refractivity contribution in [3.63, 3.8) is 0 Å². The van der Waals surface area contributed by atoms with Crippen molar-refractivity contribution < 1.29 is 0 Å². The number of hydrogen-bond acceptors (Lipinski definition) is 2. The molecule has 3 rings (SSSR count). The SMILES string of the molecule is CCCCCCCCCCCC[Si](C)(C)c1ccc(-c2cc(Br)c(-c3ccc([Si](C)(C)CCCCCCCCCCCC)s3)c(C)c2Br)s1. The van der Waals surface area contributed by atoms with E-state index in [9.17, 15) is 0 Å². The molecule has 0 aliphatic carbocycles. The highest BCUT2D eigenvalue weighted by Gasteiger charge is 2.28. The average molecular weight is 867 g/mol. The van der Waals surface area contributed by atoms with Crippen LogP contribution in [0.3, 0.4) is 0 Å². The molecule has 2 heterocycles. The Morgan fingerprint density at radius 1 is 0.510 bits per heavy atom. The van der Waals surface area contributed by atoms with E-state index in [1.54, 1.807) is 9.00 Å². The molecule has 2 aromatic heterocycles.